The van der Waals surface area contributed by atoms with Gasteiger partial charge in [0.05, 0.1) is 0 Å². The Bertz CT molecular complexity index is 827. The summed E-state index contributed by atoms with van der Waals surface area (Å²) in [6.45, 7) is 6.34. The van der Waals surface area contributed by atoms with E-state index in [4.69, 9.17) is 0 Å². The normalized spacial score (nSPS) is 11.6. The maximum absolute atomic E-state index is 12.3. The molecular weight excluding hydrogens is 378 g/mol. The van der Waals surface area contributed by atoms with Crippen LogP contribution in [0.25, 0.3) is 0 Å². The minimum Gasteiger partial charge on any atom is -0.360 e. The average molecular weight is 398 g/mol. The molecule has 0 aromatic heterocycles. The number of amides is 1. The zero-order chi connectivity index (χ0) is 18.4. The fraction of sp³-hybridized carbons (Fsp3) is 0.200. The number of para-hydroxylation sites is 1. The first-order valence-electron chi connectivity index (χ1n) is 7.84. The topological polar surface area (TPSA) is 64.9 Å². The van der Waals surface area contributed by atoms with Crippen LogP contribution in [0.1, 0.15) is 26.3 Å². The number of halogens is 1. The predicted octanol–water partition coefficient (Wildman–Crippen LogP) is 5.20. The van der Waals surface area contributed by atoms with E-state index in [-0.39, 0.29) is 11.0 Å². The van der Waals surface area contributed by atoms with Crippen LogP contribution in [0.3, 0.4) is 0 Å². The van der Waals surface area contributed by atoms with E-state index in [0.717, 1.165) is 15.7 Å². The van der Waals surface area contributed by atoms with Crippen LogP contribution in [0.15, 0.2) is 64.8 Å². The van der Waals surface area contributed by atoms with E-state index in [1.54, 1.807) is 12.1 Å². The van der Waals surface area contributed by atoms with Crippen LogP contribution in [0.4, 0.5) is 11.4 Å². The molecule has 2 rings (SSSR count). The fourth-order valence-electron chi connectivity index (χ4n) is 2.29. The summed E-state index contributed by atoms with van der Waals surface area (Å²) in [7, 11) is 0. The van der Waals surface area contributed by atoms with Crippen molar-refractivity contribution in [1.29, 1.82) is 5.26 Å². The van der Waals surface area contributed by atoms with Gasteiger partial charge in [0.1, 0.15) is 11.6 Å². The molecule has 0 unspecified atom stereocenters. The highest BCUT2D eigenvalue weighted by Crippen LogP contribution is 2.29. The second-order valence-electron chi connectivity index (χ2n) is 6.57. The summed E-state index contributed by atoms with van der Waals surface area (Å²) in [5.74, 6) is -0.453. The molecule has 0 radical (unpaired) electrons. The van der Waals surface area contributed by atoms with Crippen molar-refractivity contribution in [3.63, 3.8) is 0 Å². The maximum Gasteiger partial charge on any atom is 0.267 e. The molecule has 2 N–H and O–H groups in total. The lowest BCUT2D eigenvalue weighted by Crippen LogP contribution is -2.16. The van der Waals surface area contributed by atoms with Gasteiger partial charge in [0.25, 0.3) is 5.91 Å². The van der Waals surface area contributed by atoms with Crippen molar-refractivity contribution in [1.82, 2.24) is 0 Å². The molecule has 0 fully saturated rings. The lowest BCUT2D eigenvalue weighted by molar-refractivity contribution is -0.112. The Labute approximate surface area is 156 Å². The van der Waals surface area contributed by atoms with Gasteiger partial charge in [-0.1, -0.05) is 54.9 Å². The van der Waals surface area contributed by atoms with Crippen LogP contribution in [0, 0.1) is 11.3 Å². The second kappa shape index (κ2) is 8.00. The Balaban J connectivity index is 2.17. The number of hydrogen-bond acceptors (Lipinski definition) is 3. The number of benzene rings is 2. The largest absolute Gasteiger partial charge is 0.360 e. The molecule has 128 valence electrons. The summed E-state index contributed by atoms with van der Waals surface area (Å²) in [6, 6.07) is 17.0. The Morgan fingerprint density at radius 1 is 1.12 bits per heavy atom. The third-order valence-corrected chi connectivity index (χ3v) is 4.10. The number of carbonyl (C=O) groups excluding carboxylic acids is 1. The number of nitrogens with one attached hydrogen (secondary N) is 2. The lowest BCUT2D eigenvalue weighted by atomic mass is 9.86. The highest BCUT2D eigenvalue weighted by atomic mass is 79.9. The zero-order valence-corrected chi connectivity index (χ0v) is 16.0. The number of nitrogens with zero attached hydrogens (tertiary/aromatic N) is 1. The zero-order valence-electron chi connectivity index (χ0n) is 14.4. The molecule has 1 amide bonds. The molecule has 0 aliphatic heterocycles. The highest BCUT2D eigenvalue weighted by Gasteiger charge is 2.17. The first-order chi connectivity index (χ1) is 11.8. The van der Waals surface area contributed by atoms with Gasteiger partial charge in [-0.3, -0.25) is 4.79 Å². The smallest absolute Gasteiger partial charge is 0.267 e. The summed E-state index contributed by atoms with van der Waals surface area (Å²) in [5, 5.41) is 15.1. The van der Waals surface area contributed by atoms with Crippen LogP contribution in [-0.2, 0) is 10.2 Å². The predicted molar refractivity (Wildman–Crippen MR) is 105 cm³/mol. The van der Waals surface area contributed by atoms with E-state index in [1.807, 2.05) is 42.5 Å². The van der Waals surface area contributed by atoms with Gasteiger partial charge in [-0.05, 0) is 41.3 Å². The molecule has 0 aliphatic rings. The summed E-state index contributed by atoms with van der Waals surface area (Å²) in [6.07, 6.45) is 1.44. The molecule has 0 spiro atoms. The quantitative estimate of drug-likeness (QED) is 0.549. The number of anilines is 2. The summed E-state index contributed by atoms with van der Waals surface area (Å²) < 4.78 is 0.919. The molecule has 0 aliphatic carbocycles. The molecule has 0 heterocycles. The third kappa shape index (κ3) is 5.20. The fourth-order valence-corrected chi connectivity index (χ4v) is 2.56. The van der Waals surface area contributed by atoms with Gasteiger partial charge in [-0.2, -0.15) is 5.26 Å². The molecule has 25 heavy (non-hydrogen) atoms. The Hall–Kier alpha value is -2.58. The monoisotopic (exact) mass is 397 g/mol. The Kier molecular flexibility index (Phi) is 6.00. The molecule has 4 nitrogen and oxygen atoms in total. The van der Waals surface area contributed by atoms with Crippen LogP contribution >= 0.6 is 15.9 Å². The van der Waals surface area contributed by atoms with Crippen LogP contribution in [-0.4, -0.2) is 5.91 Å². The van der Waals surface area contributed by atoms with Crippen LogP contribution in [0.2, 0.25) is 0 Å². The second-order valence-corrected chi connectivity index (χ2v) is 7.49. The van der Waals surface area contributed by atoms with Gasteiger partial charge >= 0.3 is 0 Å². The number of hydrogen-bond donors (Lipinski definition) is 2. The molecule has 0 bridgehead atoms. The van der Waals surface area contributed by atoms with Gasteiger partial charge in [0.15, 0.2) is 0 Å². The first-order valence-corrected chi connectivity index (χ1v) is 8.64. The number of nitriles is 1. The van der Waals surface area contributed by atoms with Gasteiger partial charge in [-0.15, -0.1) is 0 Å². The van der Waals surface area contributed by atoms with Crippen LogP contribution in [0.5, 0.6) is 0 Å². The van der Waals surface area contributed by atoms with Gasteiger partial charge in [-0.25, -0.2) is 0 Å². The average Bonchev–Trinajstić information content (AvgIpc) is 2.57. The SMILES string of the molecule is CC(C)(C)c1ccccc1N/C=C(/C#N)C(=O)Nc1ccc(Br)cc1. The van der Waals surface area contributed by atoms with Crippen molar-refractivity contribution in [3.8, 4) is 6.07 Å². The summed E-state index contributed by atoms with van der Waals surface area (Å²) in [5.41, 5.74) is 2.57. The lowest BCUT2D eigenvalue weighted by Gasteiger charge is -2.22. The van der Waals surface area contributed by atoms with Crippen molar-refractivity contribution in [2.75, 3.05) is 10.6 Å². The Morgan fingerprint density at radius 2 is 1.76 bits per heavy atom. The molecule has 0 saturated heterocycles. The van der Waals surface area contributed by atoms with Gasteiger partial charge < -0.3 is 10.6 Å². The molecular formula is C20H20BrN3O. The molecule has 5 heteroatoms. The van der Waals surface area contributed by atoms with Crippen molar-refractivity contribution >= 4 is 33.2 Å². The van der Waals surface area contributed by atoms with Crippen molar-refractivity contribution < 1.29 is 4.79 Å². The van der Waals surface area contributed by atoms with Crippen LogP contribution < -0.4 is 10.6 Å². The molecule has 2 aromatic rings. The Morgan fingerprint density at radius 3 is 2.36 bits per heavy atom. The third-order valence-electron chi connectivity index (χ3n) is 3.57. The van der Waals surface area contributed by atoms with Crippen molar-refractivity contribution in [2.24, 2.45) is 0 Å². The van der Waals surface area contributed by atoms with Gasteiger partial charge in [0.2, 0.25) is 0 Å². The maximum atomic E-state index is 12.3. The van der Waals surface area contributed by atoms with Crippen molar-refractivity contribution in [3.05, 3.63) is 70.3 Å². The highest BCUT2D eigenvalue weighted by molar-refractivity contribution is 9.10. The summed E-state index contributed by atoms with van der Waals surface area (Å²) in [4.78, 5) is 12.3. The number of carbonyl (C=O) groups is 1. The van der Waals surface area contributed by atoms with E-state index < -0.39 is 5.91 Å². The van der Waals surface area contributed by atoms with Crippen molar-refractivity contribution in [2.45, 2.75) is 26.2 Å². The van der Waals surface area contributed by atoms with E-state index in [2.05, 4.69) is 47.3 Å². The molecule has 0 saturated carbocycles. The standard InChI is InChI=1S/C20H20BrN3O/c1-20(2,3)17-6-4-5-7-18(17)23-13-14(12-22)19(25)24-16-10-8-15(21)9-11-16/h4-11,13,23H,1-3H3,(H,24,25)/b14-13-. The number of rotatable bonds is 4. The minimum atomic E-state index is -0.453. The van der Waals surface area contributed by atoms with E-state index in [9.17, 15) is 10.1 Å². The van der Waals surface area contributed by atoms with E-state index in [1.165, 1.54) is 6.20 Å². The molecule has 0 atom stereocenters. The van der Waals surface area contributed by atoms with E-state index >= 15 is 0 Å². The molecule has 2 aromatic carbocycles. The van der Waals surface area contributed by atoms with Gasteiger partial charge in [0, 0.05) is 22.0 Å². The minimum absolute atomic E-state index is 0.00614. The first kappa shape index (κ1) is 18.8. The summed E-state index contributed by atoms with van der Waals surface area (Å²) >= 11 is 3.34. The van der Waals surface area contributed by atoms with E-state index in [0.29, 0.717) is 5.69 Å².